The number of nitrogens with two attached hydrogens (primary N) is 1. The summed E-state index contributed by atoms with van der Waals surface area (Å²) in [6.45, 7) is 6.32. The largest absolute Gasteiger partial charge is 0.326 e. The van der Waals surface area contributed by atoms with Crippen LogP contribution in [-0.2, 0) is 15.4 Å². The zero-order chi connectivity index (χ0) is 15.7. The lowest BCUT2D eigenvalue weighted by molar-refractivity contribution is 0.361. The van der Waals surface area contributed by atoms with Crippen molar-refractivity contribution in [1.82, 2.24) is 4.72 Å². The molecule has 2 rings (SSSR count). The molecule has 0 radical (unpaired) electrons. The highest BCUT2D eigenvalue weighted by Crippen LogP contribution is 2.24. The average Bonchev–Trinajstić information content (AvgIpc) is 2.40. The Kier molecular flexibility index (Phi) is 4.76. The highest BCUT2D eigenvalue weighted by Gasteiger charge is 2.27. The first-order chi connectivity index (χ1) is 9.70. The summed E-state index contributed by atoms with van der Waals surface area (Å²) in [6, 6.07) is 6.90. The molecule has 1 aliphatic carbocycles. The van der Waals surface area contributed by atoms with Crippen LogP contribution in [0.4, 0.5) is 0 Å². The van der Waals surface area contributed by atoms with Gasteiger partial charge in [-0.1, -0.05) is 45.7 Å². The molecule has 5 heteroatoms. The van der Waals surface area contributed by atoms with Gasteiger partial charge in [-0.15, -0.1) is 0 Å². The van der Waals surface area contributed by atoms with E-state index in [4.69, 9.17) is 5.73 Å². The van der Waals surface area contributed by atoms with E-state index >= 15 is 0 Å². The van der Waals surface area contributed by atoms with Crippen molar-refractivity contribution < 1.29 is 8.42 Å². The minimum absolute atomic E-state index is 0.0153. The van der Waals surface area contributed by atoms with E-state index in [0.717, 1.165) is 31.2 Å². The second kappa shape index (κ2) is 6.07. The van der Waals surface area contributed by atoms with Crippen LogP contribution in [0.15, 0.2) is 29.2 Å². The van der Waals surface area contributed by atoms with E-state index in [0.29, 0.717) is 4.90 Å². The van der Waals surface area contributed by atoms with Crippen LogP contribution in [0.3, 0.4) is 0 Å². The minimum Gasteiger partial charge on any atom is -0.326 e. The molecule has 1 aromatic rings. The van der Waals surface area contributed by atoms with Crippen molar-refractivity contribution in [3.63, 3.8) is 0 Å². The van der Waals surface area contributed by atoms with Gasteiger partial charge in [0.15, 0.2) is 0 Å². The lowest BCUT2D eigenvalue weighted by Gasteiger charge is -2.29. The van der Waals surface area contributed by atoms with Crippen molar-refractivity contribution in [3.8, 4) is 0 Å². The predicted molar refractivity (Wildman–Crippen MR) is 85.7 cm³/mol. The molecule has 0 heterocycles. The Hall–Kier alpha value is -0.910. The van der Waals surface area contributed by atoms with Gasteiger partial charge in [-0.25, -0.2) is 13.1 Å². The summed E-state index contributed by atoms with van der Waals surface area (Å²) in [5, 5.41) is 0. The topological polar surface area (TPSA) is 72.2 Å². The van der Waals surface area contributed by atoms with E-state index in [1.165, 1.54) is 0 Å². The Morgan fingerprint density at radius 3 is 2.19 bits per heavy atom. The maximum atomic E-state index is 12.4. The quantitative estimate of drug-likeness (QED) is 0.901. The molecule has 118 valence electrons. The smallest absolute Gasteiger partial charge is 0.240 e. The molecule has 3 N–H and O–H groups in total. The van der Waals surface area contributed by atoms with Crippen molar-refractivity contribution >= 4 is 10.0 Å². The molecular weight excluding hydrogens is 284 g/mol. The second-order valence-electron chi connectivity index (χ2n) is 6.95. The molecule has 0 saturated heterocycles. The van der Waals surface area contributed by atoms with Gasteiger partial charge in [-0.2, -0.15) is 0 Å². The van der Waals surface area contributed by atoms with E-state index < -0.39 is 10.0 Å². The van der Waals surface area contributed by atoms with E-state index in [1.54, 1.807) is 12.1 Å². The van der Waals surface area contributed by atoms with Crippen molar-refractivity contribution in [1.29, 1.82) is 0 Å². The van der Waals surface area contributed by atoms with Crippen LogP contribution in [0.5, 0.6) is 0 Å². The summed E-state index contributed by atoms with van der Waals surface area (Å²) in [7, 11) is -3.49. The Bertz CT molecular complexity index is 573. The first-order valence-electron chi connectivity index (χ1n) is 7.58. The SMILES string of the molecule is CC(C)(C)c1ccc(S(=O)(=O)NC2CCCCC2N)cc1. The molecule has 1 fully saturated rings. The van der Waals surface area contributed by atoms with Gasteiger partial charge >= 0.3 is 0 Å². The van der Waals surface area contributed by atoms with E-state index in [-0.39, 0.29) is 17.5 Å². The summed E-state index contributed by atoms with van der Waals surface area (Å²) in [4.78, 5) is 0.313. The van der Waals surface area contributed by atoms with Crippen molar-refractivity contribution in [2.24, 2.45) is 5.73 Å². The van der Waals surface area contributed by atoms with Gasteiger partial charge < -0.3 is 5.73 Å². The summed E-state index contributed by atoms with van der Waals surface area (Å²) >= 11 is 0. The summed E-state index contributed by atoms with van der Waals surface area (Å²) < 4.78 is 27.6. The molecule has 1 aromatic carbocycles. The third-order valence-corrected chi connectivity index (χ3v) is 5.66. The molecule has 1 aliphatic rings. The van der Waals surface area contributed by atoms with Crippen LogP contribution in [0.25, 0.3) is 0 Å². The zero-order valence-corrected chi connectivity index (χ0v) is 13.9. The van der Waals surface area contributed by atoms with Crippen molar-refractivity contribution in [2.45, 2.75) is 68.8 Å². The van der Waals surface area contributed by atoms with E-state index in [9.17, 15) is 8.42 Å². The molecule has 0 bridgehead atoms. The second-order valence-corrected chi connectivity index (χ2v) is 8.66. The van der Waals surface area contributed by atoms with Gasteiger partial charge in [0, 0.05) is 12.1 Å². The zero-order valence-electron chi connectivity index (χ0n) is 13.1. The molecule has 2 unspecified atom stereocenters. The van der Waals surface area contributed by atoms with Crippen LogP contribution in [0, 0.1) is 0 Å². The Morgan fingerprint density at radius 2 is 1.67 bits per heavy atom. The molecule has 0 amide bonds. The first-order valence-corrected chi connectivity index (χ1v) is 9.07. The third-order valence-electron chi connectivity index (χ3n) is 4.16. The Morgan fingerprint density at radius 1 is 1.10 bits per heavy atom. The normalized spacial score (nSPS) is 24.0. The van der Waals surface area contributed by atoms with Crippen LogP contribution >= 0.6 is 0 Å². The van der Waals surface area contributed by atoms with Crippen LogP contribution < -0.4 is 10.5 Å². The highest BCUT2D eigenvalue weighted by molar-refractivity contribution is 7.89. The molecule has 0 aromatic heterocycles. The number of hydrogen-bond acceptors (Lipinski definition) is 3. The highest BCUT2D eigenvalue weighted by atomic mass is 32.2. The molecule has 1 saturated carbocycles. The molecule has 2 atom stereocenters. The summed E-state index contributed by atoms with van der Waals surface area (Å²) in [5.74, 6) is 0. The lowest BCUT2D eigenvalue weighted by atomic mass is 9.87. The summed E-state index contributed by atoms with van der Waals surface area (Å²) in [6.07, 6.45) is 3.82. The first kappa shape index (κ1) is 16.5. The Balaban J connectivity index is 2.16. The van der Waals surface area contributed by atoms with Crippen molar-refractivity contribution in [2.75, 3.05) is 0 Å². The van der Waals surface area contributed by atoms with Crippen LogP contribution in [0.1, 0.15) is 52.0 Å². The molecule has 0 aliphatic heterocycles. The van der Waals surface area contributed by atoms with E-state index in [1.807, 2.05) is 12.1 Å². The average molecular weight is 310 g/mol. The standard InChI is InChI=1S/C16H26N2O2S/c1-16(2,3)12-8-10-13(11-9-12)21(19,20)18-15-7-5-4-6-14(15)17/h8-11,14-15,18H,4-7,17H2,1-3H3. The van der Waals surface area contributed by atoms with Gasteiger partial charge in [-0.05, 0) is 36.0 Å². The molecule has 21 heavy (non-hydrogen) atoms. The fourth-order valence-corrected chi connectivity index (χ4v) is 4.03. The van der Waals surface area contributed by atoms with Gasteiger partial charge in [-0.3, -0.25) is 0 Å². The number of rotatable bonds is 3. The fraction of sp³-hybridized carbons (Fsp3) is 0.625. The number of benzene rings is 1. The summed E-state index contributed by atoms with van der Waals surface area (Å²) in [5.41, 5.74) is 7.15. The van der Waals surface area contributed by atoms with Crippen molar-refractivity contribution in [3.05, 3.63) is 29.8 Å². The van der Waals surface area contributed by atoms with Crippen LogP contribution in [0.2, 0.25) is 0 Å². The van der Waals surface area contributed by atoms with Gasteiger partial charge in [0.05, 0.1) is 4.90 Å². The van der Waals surface area contributed by atoms with Gasteiger partial charge in [0.1, 0.15) is 0 Å². The van der Waals surface area contributed by atoms with Crippen LogP contribution in [-0.4, -0.2) is 20.5 Å². The number of nitrogens with one attached hydrogen (secondary N) is 1. The maximum Gasteiger partial charge on any atom is 0.240 e. The fourth-order valence-electron chi connectivity index (χ4n) is 2.71. The Labute approximate surface area is 128 Å². The predicted octanol–water partition coefficient (Wildman–Crippen LogP) is 2.53. The maximum absolute atomic E-state index is 12.4. The van der Waals surface area contributed by atoms with E-state index in [2.05, 4.69) is 25.5 Å². The van der Waals surface area contributed by atoms with Gasteiger partial charge in [0.25, 0.3) is 0 Å². The monoisotopic (exact) mass is 310 g/mol. The number of sulfonamides is 1. The third kappa shape index (κ3) is 4.05. The van der Waals surface area contributed by atoms with Gasteiger partial charge in [0.2, 0.25) is 10.0 Å². The number of hydrogen-bond donors (Lipinski definition) is 2. The molecule has 4 nitrogen and oxygen atoms in total. The molecular formula is C16H26N2O2S. The minimum atomic E-state index is -3.49. The molecule has 0 spiro atoms. The lowest BCUT2D eigenvalue weighted by Crippen LogP contribution is -2.49.